The number of nitrogens with zero attached hydrogens (tertiary/aromatic N) is 1. The monoisotopic (exact) mass is 357 g/mol. The Kier molecular flexibility index (Phi) is 5.04. The summed E-state index contributed by atoms with van der Waals surface area (Å²) in [5.74, 6) is -0.461. The second-order valence-electron chi connectivity index (χ2n) is 6.40. The van der Waals surface area contributed by atoms with Crippen molar-refractivity contribution in [1.82, 2.24) is 4.90 Å². The van der Waals surface area contributed by atoms with Gasteiger partial charge in [0.25, 0.3) is 0 Å². The first-order valence-electron chi connectivity index (χ1n) is 7.17. The number of benzene rings is 1. The van der Waals surface area contributed by atoms with E-state index in [0.717, 1.165) is 19.4 Å². The van der Waals surface area contributed by atoms with Crippen LogP contribution in [0.15, 0.2) is 22.7 Å². The lowest BCUT2D eigenvalue weighted by Gasteiger charge is -2.27. The van der Waals surface area contributed by atoms with Crippen LogP contribution in [-0.2, 0) is 16.1 Å². The fraction of sp³-hybridized carbons (Fsp3) is 0.562. The Labute approximate surface area is 133 Å². The maximum atomic E-state index is 13.9. The summed E-state index contributed by atoms with van der Waals surface area (Å²) in [5.41, 5.74) is 0.113. The van der Waals surface area contributed by atoms with E-state index in [4.69, 9.17) is 4.74 Å². The molecule has 21 heavy (non-hydrogen) atoms. The first-order valence-corrected chi connectivity index (χ1v) is 7.96. The van der Waals surface area contributed by atoms with Crippen LogP contribution in [0.3, 0.4) is 0 Å². The van der Waals surface area contributed by atoms with Crippen molar-refractivity contribution in [3.05, 3.63) is 34.1 Å². The molecule has 0 amide bonds. The van der Waals surface area contributed by atoms with E-state index in [0.29, 0.717) is 16.6 Å². The molecule has 0 aromatic heterocycles. The van der Waals surface area contributed by atoms with Gasteiger partial charge in [-0.25, -0.2) is 4.39 Å². The van der Waals surface area contributed by atoms with E-state index in [1.165, 1.54) is 6.07 Å². The van der Waals surface area contributed by atoms with Crippen LogP contribution < -0.4 is 0 Å². The van der Waals surface area contributed by atoms with Gasteiger partial charge in [0.2, 0.25) is 0 Å². The molecule has 1 saturated heterocycles. The minimum absolute atomic E-state index is 0.211. The van der Waals surface area contributed by atoms with Gasteiger partial charge in [-0.1, -0.05) is 22.0 Å². The zero-order valence-corrected chi connectivity index (χ0v) is 14.2. The summed E-state index contributed by atoms with van der Waals surface area (Å²) >= 11 is 3.25. The van der Waals surface area contributed by atoms with Crippen molar-refractivity contribution in [2.45, 2.75) is 51.8 Å². The number of halogens is 2. The Morgan fingerprint density at radius 3 is 2.81 bits per heavy atom. The number of esters is 1. The van der Waals surface area contributed by atoms with Crippen LogP contribution in [0.1, 0.15) is 39.2 Å². The zero-order chi connectivity index (χ0) is 15.6. The van der Waals surface area contributed by atoms with E-state index in [1.807, 2.05) is 31.7 Å². The lowest BCUT2D eigenvalue weighted by molar-refractivity contribution is -0.160. The van der Waals surface area contributed by atoms with Gasteiger partial charge in [-0.05, 0) is 52.3 Å². The fourth-order valence-corrected chi connectivity index (χ4v) is 2.85. The Balaban J connectivity index is 2.06. The number of hydrogen-bond donors (Lipinski definition) is 0. The summed E-state index contributed by atoms with van der Waals surface area (Å²) in [6.45, 7) is 6.80. The van der Waals surface area contributed by atoms with Crippen molar-refractivity contribution in [1.29, 1.82) is 0 Å². The number of likely N-dealkylation sites (tertiary alicyclic amines) is 1. The molecular formula is C16H21BrFNO2. The minimum Gasteiger partial charge on any atom is -0.459 e. The van der Waals surface area contributed by atoms with Gasteiger partial charge in [-0.2, -0.15) is 0 Å². The van der Waals surface area contributed by atoms with E-state index < -0.39 is 5.60 Å². The van der Waals surface area contributed by atoms with Gasteiger partial charge in [0, 0.05) is 16.6 Å². The highest BCUT2D eigenvalue weighted by atomic mass is 79.9. The van der Waals surface area contributed by atoms with Crippen LogP contribution in [0.2, 0.25) is 0 Å². The molecule has 0 N–H and O–H groups in total. The summed E-state index contributed by atoms with van der Waals surface area (Å²) in [7, 11) is 0. The fourth-order valence-electron chi connectivity index (χ4n) is 2.52. The molecule has 0 spiro atoms. The predicted molar refractivity (Wildman–Crippen MR) is 83.4 cm³/mol. The smallest absolute Gasteiger partial charge is 0.323 e. The highest BCUT2D eigenvalue weighted by Crippen LogP contribution is 2.25. The molecule has 0 aliphatic carbocycles. The quantitative estimate of drug-likeness (QED) is 0.768. The number of carbonyl (C=O) groups is 1. The van der Waals surface area contributed by atoms with Crippen LogP contribution >= 0.6 is 15.9 Å². The SMILES string of the molecule is CC(C)(C)OC(=O)[C@@H]1CCCN1Cc1ccc(Br)cc1F. The number of ether oxygens (including phenoxy) is 1. The molecule has 0 bridgehead atoms. The maximum absolute atomic E-state index is 13.9. The van der Waals surface area contributed by atoms with Crippen molar-refractivity contribution in [3.8, 4) is 0 Å². The molecule has 0 saturated carbocycles. The number of hydrogen-bond acceptors (Lipinski definition) is 3. The average molecular weight is 358 g/mol. The number of carbonyl (C=O) groups excluding carboxylic acids is 1. The number of rotatable bonds is 3. The van der Waals surface area contributed by atoms with Crippen molar-refractivity contribution in [2.24, 2.45) is 0 Å². The Hall–Kier alpha value is -0.940. The molecule has 1 aromatic carbocycles. The average Bonchev–Trinajstić information content (AvgIpc) is 2.79. The second kappa shape index (κ2) is 6.44. The van der Waals surface area contributed by atoms with Gasteiger partial charge in [-0.3, -0.25) is 9.69 Å². The van der Waals surface area contributed by atoms with E-state index >= 15 is 0 Å². The topological polar surface area (TPSA) is 29.5 Å². The molecule has 2 rings (SSSR count). The minimum atomic E-state index is -0.492. The molecular weight excluding hydrogens is 337 g/mol. The Morgan fingerprint density at radius 2 is 2.19 bits per heavy atom. The Morgan fingerprint density at radius 1 is 1.48 bits per heavy atom. The summed E-state index contributed by atoms with van der Waals surface area (Å²) in [4.78, 5) is 14.2. The van der Waals surface area contributed by atoms with E-state index in [2.05, 4.69) is 15.9 Å². The molecule has 5 heteroatoms. The highest BCUT2D eigenvalue weighted by molar-refractivity contribution is 9.10. The lowest BCUT2D eigenvalue weighted by atomic mass is 10.1. The largest absolute Gasteiger partial charge is 0.459 e. The van der Waals surface area contributed by atoms with Crippen LogP contribution in [0.4, 0.5) is 4.39 Å². The summed E-state index contributed by atoms with van der Waals surface area (Å²) in [6, 6.07) is 4.75. The van der Waals surface area contributed by atoms with Gasteiger partial charge < -0.3 is 4.74 Å². The van der Waals surface area contributed by atoms with Crippen molar-refractivity contribution in [3.63, 3.8) is 0 Å². The summed E-state index contributed by atoms with van der Waals surface area (Å²) in [6.07, 6.45) is 1.70. The van der Waals surface area contributed by atoms with E-state index in [1.54, 1.807) is 6.07 Å². The van der Waals surface area contributed by atoms with Gasteiger partial charge in [-0.15, -0.1) is 0 Å². The third-order valence-electron chi connectivity index (χ3n) is 3.43. The van der Waals surface area contributed by atoms with Gasteiger partial charge in [0.05, 0.1) is 0 Å². The Bertz CT molecular complexity index is 527. The van der Waals surface area contributed by atoms with Gasteiger partial charge in [0.15, 0.2) is 0 Å². The molecule has 1 heterocycles. The molecule has 0 radical (unpaired) electrons. The molecule has 1 atom stereocenters. The molecule has 1 fully saturated rings. The van der Waals surface area contributed by atoms with Gasteiger partial charge >= 0.3 is 5.97 Å². The van der Waals surface area contributed by atoms with Crippen LogP contribution in [0.5, 0.6) is 0 Å². The van der Waals surface area contributed by atoms with Crippen LogP contribution in [0.25, 0.3) is 0 Å². The zero-order valence-electron chi connectivity index (χ0n) is 12.7. The first kappa shape index (κ1) is 16.4. The highest BCUT2D eigenvalue weighted by Gasteiger charge is 2.34. The molecule has 1 aliphatic rings. The summed E-state index contributed by atoms with van der Waals surface area (Å²) in [5, 5.41) is 0. The van der Waals surface area contributed by atoms with Crippen LogP contribution in [0, 0.1) is 5.82 Å². The molecule has 0 unspecified atom stereocenters. The molecule has 1 aliphatic heterocycles. The lowest BCUT2D eigenvalue weighted by Crippen LogP contribution is -2.40. The van der Waals surface area contributed by atoms with Crippen molar-refractivity contribution >= 4 is 21.9 Å². The first-order chi connectivity index (χ1) is 9.76. The third kappa shape index (κ3) is 4.51. The summed E-state index contributed by atoms with van der Waals surface area (Å²) < 4.78 is 20.1. The predicted octanol–water partition coefficient (Wildman–Crippen LogP) is 3.89. The van der Waals surface area contributed by atoms with E-state index in [9.17, 15) is 9.18 Å². The second-order valence-corrected chi connectivity index (χ2v) is 7.31. The van der Waals surface area contributed by atoms with Crippen molar-refractivity contribution in [2.75, 3.05) is 6.54 Å². The molecule has 1 aromatic rings. The molecule has 3 nitrogen and oxygen atoms in total. The standard InChI is InChI=1S/C16H21BrFNO2/c1-16(2,3)21-15(20)14-5-4-8-19(14)10-11-6-7-12(17)9-13(11)18/h6-7,9,14H,4-5,8,10H2,1-3H3/t14-/m0/s1. The van der Waals surface area contributed by atoms with Crippen LogP contribution in [-0.4, -0.2) is 29.1 Å². The third-order valence-corrected chi connectivity index (χ3v) is 3.92. The molecule has 116 valence electrons. The normalized spacial score (nSPS) is 19.8. The van der Waals surface area contributed by atoms with E-state index in [-0.39, 0.29) is 17.8 Å². The van der Waals surface area contributed by atoms with Gasteiger partial charge in [0.1, 0.15) is 17.5 Å². The van der Waals surface area contributed by atoms with Crippen molar-refractivity contribution < 1.29 is 13.9 Å². The maximum Gasteiger partial charge on any atom is 0.323 e.